The summed E-state index contributed by atoms with van der Waals surface area (Å²) in [6, 6.07) is 2.10. The molecule has 0 aliphatic carbocycles. The smallest absolute Gasteiger partial charge is 0.0967 e. The van der Waals surface area contributed by atoms with Crippen LogP contribution in [0.15, 0.2) is 12.3 Å². The fraction of sp³-hybridized carbons (Fsp3) is 0.643. The van der Waals surface area contributed by atoms with E-state index in [0.717, 1.165) is 44.2 Å². The third kappa shape index (κ3) is 3.48. The van der Waals surface area contributed by atoms with E-state index >= 15 is 0 Å². The Balaban J connectivity index is 1.59. The van der Waals surface area contributed by atoms with Crippen molar-refractivity contribution in [2.75, 3.05) is 19.7 Å². The van der Waals surface area contributed by atoms with Crippen molar-refractivity contribution in [1.29, 1.82) is 0 Å². The zero-order chi connectivity index (χ0) is 14.8. The second-order valence-corrected chi connectivity index (χ2v) is 5.66. The molecule has 3 heterocycles. The second kappa shape index (κ2) is 5.95. The number of aromatic nitrogens is 5. The van der Waals surface area contributed by atoms with Crippen molar-refractivity contribution < 1.29 is 4.74 Å². The van der Waals surface area contributed by atoms with E-state index in [4.69, 9.17) is 4.74 Å². The Bertz CT molecular complexity index is 604. The molecule has 0 saturated carbocycles. The molecule has 7 heteroatoms. The minimum Gasteiger partial charge on any atom is -0.374 e. The van der Waals surface area contributed by atoms with Gasteiger partial charge in [0.05, 0.1) is 36.8 Å². The van der Waals surface area contributed by atoms with Crippen LogP contribution in [0.1, 0.15) is 17.1 Å². The van der Waals surface area contributed by atoms with Crippen LogP contribution in [0.5, 0.6) is 0 Å². The van der Waals surface area contributed by atoms with Gasteiger partial charge in [0, 0.05) is 32.4 Å². The number of hydrogen-bond acceptors (Lipinski definition) is 5. The number of ether oxygens (including phenoxy) is 1. The summed E-state index contributed by atoms with van der Waals surface area (Å²) in [7, 11) is 1.84. The van der Waals surface area contributed by atoms with Gasteiger partial charge in [-0.2, -0.15) is 20.1 Å². The molecule has 0 bridgehead atoms. The van der Waals surface area contributed by atoms with Gasteiger partial charge in [-0.1, -0.05) is 0 Å². The van der Waals surface area contributed by atoms with E-state index in [9.17, 15) is 0 Å². The Morgan fingerprint density at radius 2 is 2.19 bits per heavy atom. The molecule has 0 N–H and O–H groups in total. The van der Waals surface area contributed by atoms with Crippen molar-refractivity contribution in [1.82, 2.24) is 29.7 Å². The second-order valence-electron chi connectivity index (χ2n) is 5.66. The predicted molar refractivity (Wildman–Crippen MR) is 77.7 cm³/mol. The molecule has 1 fully saturated rings. The minimum atomic E-state index is 0.174. The molecule has 7 nitrogen and oxygen atoms in total. The van der Waals surface area contributed by atoms with Gasteiger partial charge in [-0.05, 0) is 19.9 Å². The van der Waals surface area contributed by atoms with Gasteiger partial charge in [0.25, 0.3) is 0 Å². The van der Waals surface area contributed by atoms with Gasteiger partial charge in [0.15, 0.2) is 0 Å². The summed E-state index contributed by atoms with van der Waals surface area (Å²) in [5.74, 6) is 0. The van der Waals surface area contributed by atoms with Gasteiger partial charge in [-0.15, -0.1) is 0 Å². The predicted octanol–water partition coefficient (Wildman–Crippen LogP) is 0.529. The first-order valence-corrected chi connectivity index (χ1v) is 7.30. The molecule has 2 aromatic rings. The SMILES string of the molecule is Cc1cc(C)n(CC2CN(Cc3cnn(C)n3)CCO2)n1. The highest BCUT2D eigenvalue weighted by molar-refractivity contribution is 5.06. The first-order chi connectivity index (χ1) is 10.1. The highest BCUT2D eigenvalue weighted by atomic mass is 16.5. The van der Waals surface area contributed by atoms with Crippen molar-refractivity contribution in [2.45, 2.75) is 33.0 Å². The number of hydrogen-bond donors (Lipinski definition) is 0. The number of nitrogens with zero attached hydrogens (tertiary/aromatic N) is 6. The first-order valence-electron chi connectivity index (χ1n) is 7.30. The Hall–Kier alpha value is -1.73. The van der Waals surface area contributed by atoms with E-state index in [-0.39, 0.29) is 6.10 Å². The Morgan fingerprint density at radius 1 is 1.33 bits per heavy atom. The van der Waals surface area contributed by atoms with Crippen molar-refractivity contribution >= 4 is 0 Å². The molecule has 0 aromatic carbocycles. The number of rotatable bonds is 4. The van der Waals surface area contributed by atoms with E-state index < -0.39 is 0 Å². The van der Waals surface area contributed by atoms with E-state index in [2.05, 4.69) is 33.2 Å². The van der Waals surface area contributed by atoms with E-state index in [1.165, 1.54) is 5.69 Å². The van der Waals surface area contributed by atoms with Crippen LogP contribution in [0.2, 0.25) is 0 Å². The molecule has 1 saturated heterocycles. The molecule has 1 unspecified atom stereocenters. The Labute approximate surface area is 124 Å². The lowest BCUT2D eigenvalue weighted by atomic mass is 10.2. The van der Waals surface area contributed by atoms with Gasteiger partial charge in [0.1, 0.15) is 0 Å². The van der Waals surface area contributed by atoms with Gasteiger partial charge >= 0.3 is 0 Å². The Morgan fingerprint density at radius 3 is 2.86 bits per heavy atom. The summed E-state index contributed by atoms with van der Waals surface area (Å²) in [4.78, 5) is 3.97. The minimum absolute atomic E-state index is 0.174. The molecule has 0 spiro atoms. The van der Waals surface area contributed by atoms with Crippen molar-refractivity contribution in [3.05, 3.63) is 29.3 Å². The van der Waals surface area contributed by atoms with E-state index in [1.807, 2.05) is 24.9 Å². The monoisotopic (exact) mass is 290 g/mol. The highest BCUT2D eigenvalue weighted by Gasteiger charge is 2.22. The third-order valence-corrected chi connectivity index (χ3v) is 3.74. The summed E-state index contributed by atoms with van der Waals surface area (Å²) >= 11 is 0. The largest absolute Gasteiger partial charge is 0.374 e. The first kappa shape index (κ1) is 14.2. The maximum atomic E-state index is 5.88. The molecule has 2 aromatic heterocycles. The lowest BCUT2D eigenvalue weighted by molar-refractivity contribution is -0.0408. The fourth-order valence-corrected chi connectivity index (χ4v) is 2.78. The molecule has 0 amide bonds. The lowest BCUT2D eigenvalue weighted by Crippen LogP contribution is -2.44. The van der Waals surface area contributed by atoms with Crippen LogP contribution in [0.25, 0.3) is 0 Å². The van der Waals surface area contributed by atoms with Crippen LogP contribution in [-0.4, -0.2) is 55.5 Å². The van der Waals surface area contributed by atoms with Crippen LogP contribution < -0.4 is 0 Å². The van der Waals surface area contributed by atoms with E-state index in [1.54, 1.807) is 4.80 Å². The summed E-state index contributed by atoms with van der Waals surface area (Å²) in [5.41, 5.74) is 3.24. The summed E-state index contributed by atoms with van der Waals surface area (Å²) in [6.45, 7) is 8.32. The lowest BCUT2D eigenvalue weighted by Gasteiger charge is -2.32. The van der Waals surface area contributed by atoms with Gasteiger partial charge in [-0.25, -0.2) is 0 Å². The average Bonchev–Trinajstić information content (AvgIpc) is 2.96. The summed E-state index contributed by atoms with van der Waals surface area (Å²) < 4.78 is 7.91. The van der Waals surface area contributed by atoms with E-state index in [0.29, 0.717) is 0 Å². The van der Waals surface area contributed by atoms with Crippen LogP contribution in [0.3, 0.4) is 0 Å². The van der Waals surface area contributed by atoms with Gasteiger partial charge in [0.2, 0.25) is 0 Å². The average molecular weight is 290 g/mol. The van der Waals surface area contributed by atoms with Crippen molar-refractivity contribution in [3.63, 3.8) is 0 Å². The van der Waals surface area contributed by atoms with Crippen molar-refractivity contribution in [3.8, 4) is 0 Å². The van der Waals surface area contributed by atoms with Gasteiger partial charge < -0.3 is 4.74 Å². The topological polar surface area (TPSA) is 61.0 Å². The maximum Gasteiger partial charge on any atom is 0.0967 e. The maximum absolute atomic E-state index is 5.88. The summed E-state index contributed by atoms with van der Waals surface area (Å²) in [5, 5.41) is 13.0. The molecule has 1 atom stereocenters. The zero-order valence-corrected chi connectivity index (χ0v) is 12.9. The van der Waals surface area contributed by atoms with Gasteiger partial charge in [-0.3, -0.25) is 9.58 Å². The molecule has 0 radical (unpaired) electrons. The zero-order valence-electron chi connectivity index (χ0n) is 12.9. The third-order valence-electron chi connectivity index (χ3n) is 3.74. The van der Waals surface area contributed by atoms with Crippen LogP contribution in [0.4, 0.5) is 0 Å². The van der Waals surface area contributed by atoms with Crippen LogP contribution in [-0.2, 0) is 24.9 Å². The number of aryl methyl sites for hydroxylation is 3. The van der Waals surface area contributed by atoms with Crippen molar-refractivity contribution in [2.24, 2.45) is 7.05 Å². The molecule has 1 aliphatic rings. The normalized spacial score (nSPS) is 20.0. The fourth-order valence-electron chi connectivity index (χ4n) is 2.78. The molecule has 21 heavy (non-hydrogen) atoms. The highest BCUT2D eigenvalue weighted by Crippen LogP contribution is 2.12. The quantitative estimate of drug-likeness (QED) is 0.822. The molecular formula is C14H22N6O. The number of morpholine rings is 1. The Kier molecular flexibility index (Phi) is 4.03. The van der Waals surface area contributed by atoms with Crippen LogP contribution >= 0.6 is 0 Å². The molecular weight excluding hydrogens is 268 g/mol. The standard InChI is InChI=1S/C14H22N6O/c1-11-6-12(2)20(16-11)10-14-9-19(4-5-21-14)8-13-7-15-18(3)17-13/h6-7,14H,4-5,8-10H2,1-3H3. The summed E-state index contributed by atoms with van der Waals surface area (Å²) in [6.07, 6.45) is 2.00. The molecule has 114 valence electrons. The van der Waals surface area contributed by atoms with Crippen LogP contribution in [0, 0.1) is 13.8 Å². The molecule has 3 rings (SSSR count). The molecule has 1 aliphatic heterocycles.